The van der Waals surface area contributed by atoms with Gasteiger partial charge in [-0.2, -0.15) is 26.3 Å². The van der Waals surface area contributed by atoms with Gasteiger partial charge in [-0.25, -0.2) is 4.98 Å². The zero-order valence-corrected chi connectivity index (χ0v) is 23.7. The lowest BCUT2D eigenvalue weighted by Gasteiger charge is -2.31. The molecule has 2 N–H and O–H groups in total. The Hall–Kier alpha value is -4.39. The Morgan fingerprint density at radius 1 is 1.09 bits per heavy atom. The van der Waals surface area contributed by atoms with Crippen LogP contribution in [-0.4, -0.2) is 47.4 Å². The number of nitrogens with zero attached hydrogens (tertiary/aromatic N) is 2. The fraction of sp³-hybridized carbons (Fsp3) is 0.323. The third kappa shape index (κ3) is 5.40. The van der Waals surface area contributed by atoms with Crippen molar-refractivity contribution in [1.29, 1.82) is 0 Å². The largest absolute Gasteiger partial charge is 0.494 e. The molecule has 4 aromatic rings. The molecule has 3 heterocycles. The van der Waals surface area contributed by atoms with Gasteiger partial charge in [0.15, 0.2) is 0 Å². The average Bonchev–Trinajstić information content (AvgIpc) is 3.34. The van der Waals surface area contributed by atoms with Crippen molar-refractivity contribution in [1.82, 2.24) is 15.3 Å². The Kier molecular flexibility index (Phi) is 7.73. The molecule has 0 unspecified atom stereocenters. The third-order valence-corrected chi connectivity index (χ3v) is 7.97. The molecule has 7 nitrogen and oxygen atoms in total. The van der Waals surface area contributed by atoms with E-state index in [1.165, 1.54) is 25.4 Å². The van der Waals surface area contributed by atoms with Gasteiger partial charge in [-0.15, -0.1) is 0 Å². The van der Waals surface area contributed by atoms with Gasteiger partial charge in [-0.05, 0) is 42.8 Å². The highest BCUT2D eigenvalue weighted by Crippen LogP contribution is 2.49. The molecule has 0 radical (unpaired) electrons. The maximum atomic E-state index is 14.7. The van der Waals surface area contributed by atoms with E-state index in [0.29, 0.717) is 22.9 Å². The summed E-state index contributed by atoms with van der Waals surface area (Å²) in [6.07, 6.45) is -8.00. The standard InChI is InChI=1S/C31H27F6N3O4/c1-4-28(2)16-44-26-21(28)14-23(40-25(26)17-7-9-20(10-8-17)30(32,33)34)29(42,31(35,36)37)15-39-27(41)19-12-18-6-5-11-38-24(18)22(13-19)43-3/h5-14,42H,4,15-16H2,1-3H3,(H,39,41)/t28-,29-/m0/s1. The molecule has 0 aliphatic carbocycles. The minimum atomic E-state index is -5.33. The molecular formula is C31H27F6N3O4. The van der Waals surface area contributed by atoms with E-state index in [0.717, 1.165) is 30.3 Å². The zero-order chi connectivity index (χ0) is 32.1. The number of carbonyl (C=O) groups excluding carboxylic acids is 1. The van der Waals surface area contributed by atoms with E-state index in [1.807, 2.05) is 0 Å². The number of aromatic nitrogens is 2. The number of benzene rings is 2. The van der Waals surface area contributed by atoms with Crippen LogP contribution in [0.3, 0.4) is 0 Å². The first-order valence-corrected chi connectivity index (χ1v) is 13.5. The van der Waals surface area contributed by atoms with Gasteiger partial charge in [-0.3, -0.25) is 9.78 Å². The number of halogens is 6. The average molecular weight is 620 g/mol. The van der Waals surface area contributed by atoms with Crippen LogP contribution in [0.2, 0.25) is 0 Å². The molecule has 232 valence electrons. The van der Waals surface area contributed by atoms with Crippen molar-refractivity contribution in [2.45, 2.75) is 43.6 Å². The summed E-state index contributed by atoms with van der Waals surface area (Å²) in [5, 5.41) is 13.9. The molecule has 5 rings (SSSR count). The number of amides is 1. The van der Waals surface area contributed by atoms with Gasteiger partial charge in [0.05, 0.1) is 31.5 Å². The zero-order valence-electron chi connectivity index (χ0n) is 23.7. The van der Waals surface area contributed by atoms with Gasteiger partial charge in [0.25, 0.3) is 5.91 Å². The number of ether oxygens (including phenoxy) is 2. The van der Waals surface area contributed by atoms with Gasteiger partial charge in [0.1, 0.15) is 22.7 Å². The van der Waals surface area contributed by atoms with Crippen molar-refractivity contribution in [2.75, 3.05) is 20.3 Å². The number of pyridine rings is 2. The second-order valence-electron chi connectivity index (χ2n) is 10.8. The highest BCUT2D eigenvalue weighted by molar-refractivity contribution is 5.99. The molecule has 13 heteroatoms. The first kappa shape index (κ1) is 31.0. The number of alkyl halides is 6. The lowest BCUT2D eigenvalue weighted by atomic mass is 9.80. The van der Waals surface area contributed by atoms with Crippen LogP contribution in [0.15, 0.2) is 60.8 Å². The number of methoxy groups -OCH3 is 1. The van der Waals surface area contributed by atoms with Crippen LogP contribution in [0.25, 0.3) is 22.2 Å². The van der Waals surface area contributed by atoms with Gasteiger partial charge in [-0.1, -0.05) is 32.0 Å². The summed E-state index contributed by atoms with van der Waals surface area (Å²) in [5.41, 5.74) is -5.65. The predicted molar refractivity (Wildman–Crippen MR) is 148 cm³/mol. The van der Waals surface area contributed by atoms with Crippen LogP contribution in [0.4, 0.5) is 26.3 Å². The van der Waals surface area contributed by atoms with E-state index in [2.05, 4.69) is 15.3 Å². The summed E-state index contributed by atoms with van der Waals surface area (Å²) in [7, 11) is 1.36. The van der Waals surface area contributed by atoms with Crippen molar-refractivity contribution in [2.24, 2.45) is 0 Å². The smallest absolute Gasteiger partial charge is 0.424 e. The van der Waals surface area contributed by atoms with Gasteiger partial charge in [0.2, 0.25) is 5.60 Å². The molecule has 0 saturated heterocycles. The molecule has 1 aliphatic rings. The molecule has 1 aliphatic heterocycles. The summed E-state index contributed by atoms with van der Waals surface area (Å²) < 4.78 is 94.7. The minimum absolute atomic E-state index is 0.0359. The van der Waals surface area contributed by atoms with Crippen LogP contribution in [0.5, 0.6) is 11.5 Å². The molecule has 2 atom stereocenters. The summed E-state index contributed by atoms with van der Waals surface area (Å²) >= 11 is 0. The fourth-order valence-corrected chi connectivity index (χ4v) is 5.05. The van der Waals surface area contributed by atoms with Crippen molar-refractivity contribution in [3.63, 3.8) is 0 Å². The Bertz CT molecular complexity index is 1730. The molecule has 0 fully saturated rings. The van der Waals surface area contributed by atoms with Crippen LogP contribution in [-0.2, 0) is 17.2 Å². The van der Waals surface area contributed by atoms with Crippen LogP contribution >= 0.6 is 0 Å². The maximum absolute atomic E-state index is 14.7. The topological polar surface area (TPSA) is 93.6 Å². The molecule has 1 amide bonds. The monoisotopic (exact) mass is 619 g/mol. The van der Waals surface area contributed by atoms with Crippen molar-refractivity contribution >= 4 is 16.8 Å². The molecule has 0 saturated carbocycles. The lowest BCUT2D eigenvalue weighted by molar-refractivity contribution is -0.265. The molecular weight excluding hydrogens is 592 g/mol. The Labute approximate surface area is 247 Å². The van der Waals surface area contributed by atoms with Crippen LogP contribution in [0, 0.1) is 0 Å². The van der Waals surface area contributed by atoms with E-state index in [9.17, 15) is 36.2 Å². The Morgan fingerprint density at radius 2 is 1.80 bits per heavy atom. The van der Waals surface area contributed by atoms with Gasteiger partial charge < -0.3 is 19.9 Å². The summed E-state index contributed by atoms with van der Waals surface area (Å²) in [4.78, 5) is 21.4. The Balaban J connectivity index is 1.57. The van der Waals surface area contributed by atoms with Crippen LogP contribution in [0.1, 0.15) is 47.4 Å². The summed E-state index contributed by atoms with van der Waals surface area (Å²) in [6.45, 7) is 2.33. The van der Waals surface area contributed by atoms with E-state index in [1.54, 1.807) is 26.0 Å². The molecule has 2 aromatic heterocycles. The number of hydrogen-bond donors (Lipinski definition) is 2. The lowest BCUT2D eigenvalue weighted by Crippen LogP contribution is -2.51. The number of nitrogens with one attached hydrogen (secondary N) is 1. The third-order valence-electron chi connectivity index (χ3n) is 7.97. The normalized spacial score (nSPS) is 18.0. The number of rotatable bonds is 7. The second-order valence-corrected chi connectivity index (χ2v) is 10.8. The quantitative estimate of drug-likeness (QED) is 0.228. The minimum Gasteiger partial charge on any atom is -0.494 e. The highest BCUT2D eigenvalue weighted by atomic mass is 19.4. The predicted octanol–water partition coefficient (Wildman–Crippen LogP) is 6.56. The van der Waals surface area contributed by atoms with Gasteiger partial charge in [0, 0.05) is 33.7 Å². The first-order chi connectivity index (χ1) is 20.6. The molecule has 2 aromatic carbocycles. The fourth-order valence-electron chi connectivity index (χ4n) is 5.05. The van der Waals surface area contributed by atoms with E-state index in [-0.39, 0.29) is 34.9 Å². The number of hydrogen-bond acceptors (Lipinski definition) is 6. The second kappa shape index (κ2) is 11.0. The summed E-state index contributed by atoms with van der Waals surface area (Å²) in [6, 6.07) is 10.8. The number of aliphatic hydroxyl groups is 1. The van der Waals surface area contributed by atoms with Gasteiger partial charge >= 0.3 is 12.4 Å². The van der Waals surface area contributed by atoms with Crippen molar-refractivity contribution < 1.29 is 45.7 Å². The molecule has 0 spiro atoms. The first-order valence-electron chi connectivity index (χ1n) is 13.5. The van der Waals surface area contributed by atoms with Crippen LogP contribution < -0.4 is 14.8 Å². The number of carbonyl (C=O) groups is 1. The van der Waals surface area contributed by atoms with E-state index in [4.69, 9.17) is 9.47 Å². The van der Waals surface area contributed by atoms with Crippen molar-refractivity contribution in [3.8, 4) is 22.8 Å². The maximum Gasteiger partial charge on any atom is 0.424 e. The molecule has 44 heavy (non-hydrogen) atoms. The molecule has 0 bridgehead atoms. The van der Waals surface area contributed by atoms with E-state index < -0.39 is 47.1 Å². The SMILES string of the molecule is CC[C@@]1(C)COc2c1cc([C@@](O)(CNC(=O)c1cc(OC)c3ncccc3c1)C(F)(F)F)nc2-c1ccc(C(F)(F)F)cc1. The van der Waals surface area contributed by atoms with Crippen molar-refractivity contribution in [3.05, 3.63) is 83.2 Å². The summed E-state index contributed by atoms with van der Waals surface area (Å²) in [5.74, 6) is -0.592. The highest BCUT2D eigenvalue weighted by Gasteiger charge is 2.57. The van der Waals surface area contributed by atoms with E-state index >= 15 is 0 Å². The Morgan fingerprint density at radius 3 is 2.41 bits per heavy atom. The number of fused-ring (bicyclic) bond motifs is 2.